The van der Waals surface area contributed by atoms with E-state index in [0.717, 1.165) is 11.1 Å². The van der Waals surface area contributed by atoms with Crippen LogP contribution < -0.4 is 10.5 Å². The summed E-state index contributed by atoms with van der Waals surface area (Å²) in [5, 5.41) is 4.04. The summed E-state index contributed by atoms with van der Waals surface area (Å²) in [6, 6.07) is 4.68. The molecule has 2 rings (SSSR count). The van der Waals surface area contributed by atoms with E-state index in [1.54, 1.807) is 29.9 Å². The molecular formula is C13H18N4O2S. The number of anilines is 1. The second kappa shape index (κ2) is 5.64. The summed E-state index contributed by atoms with van der Waals surface area (Å²) in [6.07, 6.45) is 4.18. The minimum atomic E-state index is -3.50. The number of rotatable bonds is 5. The third-order valence-corrected chi connectivity index (χ3v) is 4.47. The Hall–Kier alpha value is -1.86. The van der Waals surface area contributed by atoms with E-state index < -0.39 is 10.0 Å². The van der Waals surface area contributed by atoms with Crippen LogP contribution in [0.4, 0.5) is 5.69 Å². The standard InChI is InChI=1S/C13H18N4O2S/c1-10-7-12(3-4-13(10)14)20(18,19)16-6-5-11-8-15-17(2)9-11/h3-4,7-9,16H,5-6,14H2,1-2H3. The molecule has 0 aliphatic heterocycles. The first kappa shape index (κ1) is 14.5. The van der Waals surface area contributed by atoms with E-state index in [1.165, 1.54) is 6.07 Å². The number of sulfonamides is 1. The average molecular weight is 294 g/mol. The van der Waals surface area contributed by atoms with E-state index in [4.69, 9.17) is 5.73 Å². The summed E-state index contributed by atoms with van der Waals surface area (Å²) in [5.74, 6) is 0. The molecule has 0 amide bonds. The first-order valence-corrected chi connectivity index (χ1v) is 7.70. The molecule has 0 spiro atoms. The lowest BCUT2D eigenvalue weighted by Crippen LogP contribution is -2.26. The summed E-state index contributed by atoms with van der Waals surface area (Å²) in [5.41, 5.74) is 8.01. The van der Waals surface area contributed by atoms with Crippen molar-refractivity contribution in [3.05, 3.63) is 41.7 Å². The van der Waals surface area contributed by atoms with Crippen molar-refractivity contribution in [3.8, 4) is 0 Å². The molecule has 0 aliphatic carbocycles. The van der Waals surface area contributed by atoms with E-state index >= 15 is 0 Å². The molecule has 1 heterocycles. The maximum atomic E-state index is 12.1. The van der Waals surface area contributed by atoms with Crippen LogP contribution in [0, 0.1) is 6.92 Å². The van der Waals surface area contributed by atoms with Crippen molar-refractivity contribution in [2.75, 3.05) is 12.3 Å². The van der Waals surface area contributed by atoms with Gasteiger partial charge in [-0.2, -0.15) is 5.10 Å². The predicted octanol–water partition coefficient (Wildman–Crippen LogP) is 0.832. The molecule has 0 aliphatic rings. The van der Waals surface area contributed by atoms with Gasteiger partial charge in [-0.15, -0.1) is 0 Å². The van der Waals surface area contributed by atoms with Crippen LogP contribution in [-0.4, -0.2) is 24.7 Å². The Kier molecular flexibility index (Phi) is 4.10. The lowest BCUT2D eigenvalue weighted by Gasteiger charge is -2.08. The zero-order valence-electron chi connectivity index (χ0n) is 11.5. The van der Waals surface area contributed by atoms with Crippen molar-refractivity contribution in [3.63, 3.8) is 0 Å². The van der Waals surface area contributed by atoms with Gasteiger partial charge in [0.05, 0.1) is 11.1 Å². The highest BCUT2D eigenvalue weighted by atomic mass is 32.2. The molecule has 1 aromatic carbocycles. The molecule has 0 saturated carbocycles. The van der Waals surface area contributed by atoms with Gasteiger partial charge in [0.15, 0.2) is 0 Å². The predicted molar refractivity (Wildman–Crippen MR) is 77.7 cm³/mol. The van der Waals surface area contributed by atoms with Crippen LogP contribution in [-0.2, 0) is 23.5 Å². The van der Waals surface area contributed by atoms with E-state index in [9.17, 15) is 8.42 Å². The maximum absolute atomic E-state index is 12.1. The van der Waals surface area contributed by atoms with Crippen LogP contribution in [0.25, 0.3) is 0 Å². The monoisotopic (exact) mass is 294 g/mol. The van der Waals surface area contributed by atoms with Gasteiger partial charge in [-0.1, -0.05) is 0 Å². The van der Waals surface area contributed by atoms with Gasteiger partial charge in [0.25, 0.3) is 0 Å². The Balaban J connectivity index is 2.02. The van der Waals surface area contributed by atoms with Crippen LogP contribution in [0.1, 0.15) is 11.1 Å². The fourth-order valence-corrected chi connectivity index (χ4v) is 2.95. The molecule has 0 radical (unpaired) electrons. The van der Waals surface area contributed by atoms with Crippen LogP contribution in [0.2, 0.25) is 0 Å². The van der Waals surface area contributed by atoms with Gasteiger partial charge in [0.2, 0.25) is 10.0 Å². The topological polar surface area (TPSA) is 90.0 Å². The third-order valence-electron chi connectivity index (χ3n) is 3.02. The summed E-state index contributed by atoms with van der Waals surface area (Å²) in [6.45, 7) is 2.11. The number of nitrogens with one attached hydrogen (secondary N) is 1. The highest BCUT2D eigenvalue weighted by molar-refractivity contribution is 7.89. The van der Waals surface area contributed by atoms with Gasteiger partial charge < -0.3 is 5.73 Å². The quantitative estimate of drug-likeness (QED) is 0.799. The van der Waals surface area contributed by atoms with Gasteiger partial charge in [0.1, 0.15) is 0 Å². The van der Waals surface area contributed by atoms with E-state index in [0.29, 0.717) is 18.7 Å². The second-order valence-electron chi connectivity index (χ2n) is 4.69. The van der Waals surface area contributed by atoms with Gasteiger partial charge in [0, 0.05) is 25.5 Å². The molecule has 2 aromatic rings. The normalized spacial score (nSPS) is 11.7. The molecule has 0 bridgehead atoms. The van der Waals surface area contributed by atoms with Crippen LogP contribution in [0.5, 0.6) is 0 Å². The zero-order valence-corrected chi connectivity index (χ0v) is 12.3. The molecular weight excluding hydrogens is 276 g/mol. The molecule has 20 heavy (non-hydrogen) atoms. The maximum Gasteiger partial charge on any atom is 0.240 e. The van der Waals surface area contributed by atoms with Crippen LogP contribution in [0.3, 0.4) is 0 Å². The van der Waals surface area contributed by atoms with Crippen molar-refractivity contribution in [1.29, 1.82) is 0 Å². The SMILES string of the molecule is Cc1cc(S(=O)(=O)NCCc2cnn(C)c2)ccc1N. The Bertz CT molecular complexity index is 707. The number of aromatic nitrogens is 2. The summed E-state index contributed by atoms with van der Waals surface area (Å²) in [7, 11) is -1.67. The lowest BCUT2D eigenvalue weighted by atomic mass is 10.2. The van der Waals surface area contributed by atoms with Crippen molar-refractivity contribution >= 4 is 15.7 Å². The summed E-state index contributed by atoms with van der Waals surface area (Å²) in [4.78, 5) is 0.232. The number of hydrogen-bond acceptors (Lipinski definition) is 4. The number of benzene rings is 1. The molecule has 1 aromatic heterocycles. The van der Waals surface area contributed by atoms with Crippen molar-refractivity contribution < 1.29 is 8.42 Å². The number of nitrogens with zero attached hydrogens (tertiary/aromatic N) is 2. The van der Waals surface area contributed by atoms with Crippen molar-refractivity contribution in [2.24, 2.45) is 7.05 Å². The zero-order chi connectivity index (χ0) is 14.8. The fraction of sp³-hybridized carbons (Fsp3) is 0.308. The molecule has 108 valence electrons. The fourth-order valence-electron chi connectivity index (χ4n) is 1.83. The smallest absolute Gasteiger partial charge is 0.240 e. The highest BCUT2D eigenvalue weighted by Gasteiger charge is 2.14. The number of hydrogen-bond donors (Lipinski definition) is 2. The molecule has 0 saturated heterocycles. The third kappa shape index (κ3) is 3.37. The second-order valence-corrected chi connectivity index (χ2v) is 6.46. The van der Waals surface area contributed by atoms with E-state index in [2.05, 4.69) is 9.82 Å². The highest BCUT2D eigenvalue weighted by Crippen LogP contribution is 2.16. The molecule has 3 N–H and O–H groups in total. The number of aryl methyl sites for hydroxylation is 2. The number of nitrogens with two attached hydrogens (primary N) is 1. The summed E-state index contributed by atoms with van der Waals surface area (Å²) >= 11 is 0. The number of nitrogen functional groups attached to an aromatic ring is 1. The van der Waals surface area contributed by atoms with E-state index in [1.807, 2.05) is 13.2 Å². The molecule has 6 nitrogen and oxygen atoms in total. The molecule has 0 atom stereocenters. The lowest BCUT2D eigenvalue weighted by molar-refractivity contribution is 0.581. The molecule has 0 unspecified atom stereocenters. The van der Waals surface area contributed by atoms with Gasteiger partial charge >= 0.3 is 0 Å². The summed E-state index contributed by atoms with van der Waals surface area (Å²) < 4.78 is 28.5. The van der Waals surface area contributed by atoms with Gasteiger partial charge in [-0.3, -0.25) is 4.68 Å². The van der Waals surface area contributed by atoms with Gasteiger partial charge in [-0.05, 0) is 42.7 Å². The van der Waals surface area contributed by atoms with Crippen molar-refractivity contribution in [1.82, 2.24) is 14.5 Å². The molecule has 7 heteroatoms. The Morgan fingerprint density at radius 3 is 2.75 bits per heavy atom. The Morgan fingerprint density at radius 2 is 2.15 bits per heavy atom. The first-order chi connectivity index (χ1) is 9.38. The molecule has 0 fully saturated rings. The van der Waals surface area contributed by atoms with Crippen molar-refractivity contribution in [2.45, 2.75) is 18.2 Å². The average Bonchev–Trinajstić information content (AvgIpc) is 2.78. The van der Waals surface area contributed by atoms with Crippen LogP contribution >= 0.6 is 0 Å². The minimum absolute atomic E-state index is 0.232. The van der Waals surface area contributed by atoms with E-state index in [-0.39, 0.29) is 4.90 Å². The van der Waals surface area contributed by atoms with Gasteiger partial charge in [-0.25, -0.2) is 13.1 Å². The largest absolute Gasteiger partial charge is 0.399 e. The Labute approximate surface area is 118 Å². The Morgan fingerprint density at radius 1 is 1.40 bits per heavy atom. The van der Waals surface area contributed by atoms with Crippen LogP contribution in [0.15, 0.2) is 35.5 Å². The first-order valence-electron chi connectivity index (χ1n) is 6.22. The minimum Gasteiger partial charge on any atom is -0.399 e.